The van der Waals surface area contributed by atoms with Crippen molar-refractivity contribution < 1.29 is 22.4 Å². The van der Waals surface area contributed by atoms with Gasteiger partial charge in [-0.2, -0.15) is 9.61 Å². The topological polar surface area (TPSA) is 195 Å². The number of H-pyrrole nitrogens is 1. The van der Waals surface area contributed by atoms with Crippen LogP contribution in [0.15, 0.2) is 35.6 Å². The molecule has 2 aliphatic rings. The molecule has 2 amide bonds. The van der Waals surface area contributed by atoms with E-state index in [1.807, 2.05) is 0 Å². The molecule has 202 valence electrons. The average Bonchev–Trinajstić information content (AvgIpc) is 3.61. The van der Waals surface area contributed by atoms with E-state index in [4.69, 9.17) is 16.5 Å². The second kappa shape index (κ2) is 8.83. The maximum absolute atomic E-state index is 14.6. The number of halogens is 1. The second-order valence-electron chi connectivity index (χ2n) is 9.94. The molecule has 2 aliphatic heterocycles. The minimum absolute atomic E-state index is 0.106. The lowest BCUT2D eigenvalue weighted by atomic mass is 9.87. The van der Waals surface area contributed by atoms with Gasteiger partial charge in [-0.05, 0) is 43.4 Å². The van der Waals surface area contributed by atoms with Crippen molar-refractivity contribution in [1.82, 2.24) is 34.7 Å². The number of rotatable bonds is 5. The molecule has 0 unspecified atom stereocenters. The number of hydrogen-bond acceptors (Lipinski definition) is 9. The summed E-state index contributed by atoms with van der Waals surface area (Å²) in [5.41, 5.74) is 12.7. The van der Waals surface area contributed by atoms with E-state index in [-0.39, 0.29) is 51.7 Å². The maximum Gasteiger partial charge on any atom is 0.292 e. The van der Waals surface area contributed by atoms with E-state index in [0.717, 1.165) is 25.2 Å². The summed E-state index contributed by atoms with van der Waals surface area (Å²) >= 11 is 0. The van der Waals surface area contributed by atoms with Crippen LogP contribution in [0.2, 0.25) is 0 Å². The van der Waals surface area contributed by atoms with Gasteiger partial charge in [-0.15, -0.1) is 10.2 Å². The molecule has 4 aromatic rings. The van der Waals surface area contributed by atoms with E-state index in [1.165, 1.54) is 29.2 Å². The number of benzene rings is 1. The van der Waals surface area contributed by atoms with Crippen LogP contribution in [-0.2, 0) is 9.84 Å². The Balaban J connectivity index is 1.45. The van der Waals surface area contributed by atoms with Crippen LogP contribution in [0.3, 0.4) is 0 Å². The minimum Gasteiger partial charge on any atom is -0.382 e. The zero-order valence-corrected chi connectivity index (χ0v) is 21.5. The predicted molar refractivity (Wildman–Crippen MR) is 136 cm³/mol. The number of piperidine rings is 1. The van der Waals surface area contributed by atoms with E-state index >= 15 is 0 Å². The van der Waals surface area contributed by atoms with Crippen LogP contribution >= 0.6 is 0 Å². The highest BCUT2D eigenvalue weighted by atomic mass is 32.2. The number of carbonyl (C=O) groups excluding carboxylic acids is 2. The fourth-order valence-electron chi connectivity index (χ4n) is 5.92. The number of anilines is 1. The van der Waals surface area contributed by atoms with E-state index in [2.05, 4.69) is 20.3 Å². The Morgan fingerprint density at radius 2 is 1.90 bits per heavy atom. The smallest absolute Gasteiger partial charge is 0.292 e. The van der Waals surface area contributed by atoms with Crippen molar-refractivity contribution in [3.05, 3.63) is 53.6 Å². The van der Waals surface area contributed by atoms with Crippen LogP contribution in [0.1, 0.15) is 58.3 Å². The summed E-state index contributed by atoms with van der Waals surface area (Å²) in [6, 6.07) is 3.64. The molecule has 0 spiro atoms. The fourth-order valence-corrected chi connectivity index (χ4v) is 6.98. The molecule has 5 N–H and O–H groups in total. The highest BCUT2D eigenvalue weighted by Gasteiger charge is 2.46. The molecule has 2 saturated heterocycles. The van der Waals surface area contributed by atoms with Crippen molar-refractivity contribution >= 4 is 33.1 Å². The first-order valence-corrected chi connectivity index (χ1v) is 14.1. The monoisotopic (exact) mass is 553 g/mol. The lowest BCUT2D eigenvalue weighted by Gasteiger charge is -2.38. The van der Waals surface area contributed by atoms with Crippen molar-refractivity contribution in [1.29, 1.82) is 0 Å². The summed E-state index contributed by atoms with van der Waals surface area (Å²) in [6.07, 6.45) is 6.30. The SMILES string of the molecule is CS(=O)(=O)c1c([C@@H]2C[C@H]3CC[C@@H](C2)N3C(=O)c2nnc[nH]2)nc2c(-c3ccc(C(N)=O)c(F)c3)cnn2c1N. The average molecular weight is 554 g/mol. The standard InChI is InChI=1S/C24H24FN9O4S/c1-39(37,38)19-18(12-6-13-3-4-14(7-12)33(13)24(36)22-28-10-29-32-22)31-23-16(9-30-34(23)20(19)26)11-2-5-15(21(27)35)17(25)8-11/h2,5,8-10,12-14H,3-4,6-7,26H2,1H3,(H2,27,35)(H,28,29,32)/t12-,13-,14+. The summed E-state index contributed by atoms with van der Waals surface area (Å²) in [6.45, 7) is 0. The molecular formula is C24H24FN9O4S. The van der Waals surface area contributed by atoms with E-state index in [0.29, 0.717) is 29.7 Å². The van der Waals surface area contributed by atoms with Gasteiger partial charge in [0.1, 0.15) is 22.9 Å². The third-order valence-electron chi connectivity index (χ3n) is 7.55. The number of aromatic nitrogens is 6. The Kier molecular flexibility index (Phi) is 5.64. The molecule has 2 bridgehead atoms. The second-order valence-corrected chi connectivity index (χ2v) is 11.9. The fraction of sp³-hybridized carbons (Fsp3) is 0.333. The number of amides is 2. The summed E-state index contributed by atoms with van der Waals surface area (Å²) in [5, 5.41) is 11.8. The quantitative estimate of drug-likeness (QED) is 0.326. The number of nitrogens with two attached hydrogens (primary N) is 2. The molecule has 15 heteroatoms. The number of aromatic amines is 1. The van der Waals surface area contributed by atoms with Crippen LogP contribution in [0.25, 0.3) is 16.8 Å². The van der Waals surface area contributed by atoms with Crippen molar-refractivity contribution in [2.24, 2.45) is 5.73 Å². The number of sulfone groups is 1. The van der Waals surface area contributed by atoms with Gasteiger partial charge in [-0.25, -0.2) is 17.8 Å². The van der Waals surface area contributed by atoms with Gasteiger partial charge in [0.15, 0.2) is 15.5 Å². The number of primary amides is 1. The Hall–Kier alpha value is -4.40. The third kappa shape index (κ3) is 4.00. The van der Waals surface area contributed by atoms with E-state index in [1.54, 1.807) is 4.90 Å². The molecule has 2 fully saturated rings. The van der Waals surface area contributed by atoms with Gasteiger partial charge in [0, 0.05) is 29.8 Å². The molecule has 3 aromatic heterocycles. The maximum atomic E-state index is 14.6. The van der Waals surface area contributed by atoms with Crippen LogP contribution in [0, 0.1) is 5.82 Å². The van der Waals surface area contributed by atoms with Gasteiger partial charge in [0.2, 0.25) is 5.82 Å². The first kappa shape index (κ1) is 24.9. The minimum atomic E-state index is -3.83. The largest absolute Gasteiger partial charge is 0.382 e. The molecule has 3 atom stereocenters. The lowest BCUT2D eigenvalue weighted by Crippen LogP contribution is -2.46. The molecule has 0 saturated carbocycles. The first-order chi connectivity index (χ1) is 18.5. The number of nitrogens with zero attached hydrogens (tertiary/aromatic N) is 6. The number of nitrogen functional groups attached to an aromatic ring is 1. The Labute approximate surface area is 221 Å². The Bertz CT molecular complexity index is 1740. The van der Waals surface area contributed by atoms with Crippen molar-refractivity contribution in [3.8, 4) is 11.1 Å². The Morgan fingerprint density at radius 1 is 1.18 bits per heavy atom. The number of carbonyl (C=O) groups is 2. The summed E-state index contributed by atoms with van der Waals surface area (Å²) in [7, 11) is -3.83. The zero-order valence-electron chi connectivity index (χ0n) is 20.7. The molecule has 0 aliphatic carbocycles. The molecule has 1 aromatic carbocycles. The molecule has 13 nitrogen and oxygen atoms in total. The molecule has 6 rings (SSSR count). The van der Waals surface area contributed by atoms with Gasteiger partial charge in [0.05, 0.1) is 17.5 Å². The van der Waals surface area contributed by atoms with Gasteiger partial charge >= 0.3 is 0 Å². The van der Waals surface area contributed by atoms with Crippen LogP contribution < -0.4 is 11.5 Å². The third-order valence-corrected chi connectivity index (χ3v) is 8.71. The lowest BCUT2D eigenvalue weighted by molar-refractivity contribution is 0.0556. The molecular weight excluding hydrogens is 529 g/mol. The zero-order chi connectivity index (χ0) is 27.6. The predicted octanol–water partition coefficient (Wildman–Crippen LogP) is 1.29. The van der Waals surface area contributed by atoms with E-state index in [9.17, 15) is 22.4 Å². The van der Waals surface area contributed by atoms with Gasteiger partial charge in [0.25, 0.3) is 11.8 Å². The molecule has 39 heavy (non-hydrogen) atoms. The van der Waals surface area contributed by atoms with Crippen molar-refractivity contribution in [2.45, 2.75) is 48.6 Å². The van der Waals surface area contributed by atoms with Gasteiger partial charge < -0.3 is 21.4 Å². The molecule has 0 radical (unpaired) electrons. The van der Waals surface area contributed by atoms with Crippen molar-refractivity contribution in [2.75, 3.05) is 12.0 Å². The first-order valence-electron chi connectivity index (χ1n) is 12.2. The highest BCUT2D eigenvalue weighted by Crippen LogP contribution is 2.45. The summed E-state index contributed by atoms with van der Waals surface area (Å²) in [5.74, 6) is -2.21. The Morgan fingerprint density at radius 3 is 2.49 bits per heavy atom. The number of hydrogen-bond donors (Lipinski definition) is 3. The van der Waals surface area contributed by atoms with Gasteiger partial charge in [-0.1, -0.05) is 6.07 Å². The normalized spacial score (nSPS) is 21.0. The van der Waals surface area contributed by atoms with Crippen LogP contribution in [-0.4, -0.2) is 73.3 Å². The highest BCUT2D eigenvalue weighted by molar-refractivity contribution is 7.91. The summed E-state index contributed by atoms with van der Waals surface area (Å²) in [4.78, 5) is 33.7. The van der Waals surface area contributed by atoms with Gasteiger partial charge in [-0.3, -0.25) is 9.59 Å². The van der Waals surface area contributed by atoms with Crippen LogP contribution in [0.4, 0.5) is 10.2 Å². The number of fused-ring (bicyclic) bond motifs is 3. The molecule has 5 heterocycles. The van der Waals surface area contributed by atoms with Crippen LogP contribution in [0.5, 0.6) is 0 Å². The van der Waals surface area contributed by atoms with Crippen molar-refractivity contribution in [3.63, 3.8) is 0 Å². The summed E-state index contributed by atoms with van der Waals surface area (Å²) < 4.78 is 41.7. The van der Waals surface area contributed by atoms with E-state index < -0.39 is 21.6 Å². The number of nitrogens with one attached hydrogen (secondary N) is 1.